The number of carboxylic acids is 1. The third kappa shape index (κ3) is 2.74. The molecule has 0 bridgehead atoms. The van der Waals surface area contributed by atoms with Crippen molar-refractivity contribution in [1.29, 1.82) is 0 Å². The van der Waals surface area contributed by atoms with E-state index in [9.17, 15) is 9.59 Å². The Morgan fingerprint density at radius 3 is 2.68 bits per heavy atom. The van der Waals surface area contributed by atoms with Crippen molar-refractivity contribution >= 4 is 17.6 Å². The highest BCUT2D eigenvalue weighted by atomic mass is 16.5. The molecular formula is C13H11NO5. The summed E-state index contributed by atoms with van der Waals surface area (Å²) < 4.78 is 9.79. The molecule has 0 aliphatic carbocycles. The first-order valence-corrected chi connectivity index (χ1v) is 5.36. The number of methoxy groups -OCH3 is 1. The number of nitrogens with one attached hydrogen (secondary N) is 1. The van der Waals surface area contributed by atoms with E-state index in [-0.39, 0.29) is 11.3 Å². The van der Waals surface area contributed by atoms with Crippen molar-refractivity contribution in [3.63, 3.8) is 0 Å². The van der Waals surface area contributed by atoms with Gasteiger partial charge in [-0.05, 0) is 18.2 Å². The fraction of sp³-hybridized carbons (Fsp3) is 0.0769. The van der Waals surface area contributed by atoms with Gasteiger partial charge in [0.15, 0.2) is 0 Å². The van der Waals surface area contributed by atoms with Crippen LogP contribution in [0.2, 0.25) is 0 Å². The first kappa shape index (κ1) is 12.7. The van der Waals surface area contributed by atoms with Crippen molar-refractivity contribution in [3.8, 4) is 5.75 Å². The molecule has 0 saturated carbocycles. The second kappa shape index (κ2) is 5.26. The molecule has 0 aliphatic rings. The van der Waals surface area contributed by atoms with E-state index < -0.39 is 11.9 Å². The fourth-order valence-corrected chi connectivity index (χ4v) is 1.53. The van der Waals surface area contributed by atoms with E-state index in [1.807, 2.05) is 0 Å². The van der Waals surface area contributed by atoms with E-state index in [0.29, 0.717) is 11.3 Å². The fourth-order valence-electron chi connectivity index (χ4n) is 1.53. The first-order chi connectivity index (χ1) is 9.11. The number of carbonyl (C=O) groups is 2. The molecule has 1 heterocycles. The molecule has 0 saturated heterocycles. The van der Waals surface area contributed by atoms with Gasteiger partial charge in [0.1, 0.15) is 12.0 Å². The maximum Gasteiger partial charge on any atom is 0.337 e. The zero-order chi connectivity index (χ0) is 13.8. The Labute approximate surface area is 108 Å². The summed E-state index contributed by atoms with van der Waals surface area (Å²) in [5.74, 6) is -1.14. The van der Waals surface area contributed by atoms with E-state index in [1.165, 1.54) is 43.9 Å². The average molecular weight is 261 g/mol. The molecule has 0 spiro atoms. The normalized spacial score (nSPS) is 9.95. The lowest BCUT2D eigenvalue weighted by Crippen LogP contribution is -2.14. The Kier molecular flexibility index (Phi) is 3.51. The van der Waals surface area contributed by atoms with Gasteiger partial charge in [0, 0.05) is 6.07 Å². The van der Waals surface area contributed by atoms with Crippen LogP contribution in [0.15, 0.2) is 41.2 Å². The summed E-state index contributed by atoms with van der Waals surface area (Å²) in [5, 5.41) is 11.6. The van der Waals surface area contributed by atoms with Crippen LogP contribution in [0.5, 0.6) is 5.75 Å². The zero-order valence-electron chi connectivity index (χ0n) is 10.0. The monoisotopic (exact) mass is 261 g/mol. The highest BCUT2D eigenvalue weighted by Gasteiger charge is 2.15. The minimum atomic E-state index is -1.13. The van der Waals surface area contributed by atoms with Gasteiger partial charge < -0.3 is 19.6 Å². The van der Waals surface area contributed by atoms with Crippen molar-refractivity contribution in [2.45, 2.75) is 0 Å². The number of hydrogen-bond donors (Lipinski definition) is 2. The van der Waals surface area contributed by atoms with Crippen LogP contribution in [0.3, 0.4) is 0 Å². The van der Waals surface area contributed by atoms with Crippen LogP contribution in [-0.2, 0) is 0 Å². The molecule has 1 aromatic heterocycles. The molecule has 2 N–H and O–H groups in total. The lowest BCUT2D eigenvalue weighted by Gasteiger charge is -2.09. The Hall–Kier alpha value is -2.76. The maximum atomic E-state index is 11.8. The van der Waals surface area contributed by atoms with Crippen molar-refractivity contribution in [2.75, 3.05) is 12.4 Å². The SMILES string of the molecule is COc1ccc(C(=O)O)c(NC(=O)c2ccoc2)c1. The summed E-state index contributed by atoms with van der Waals surface area (Å²) in [5.41, 5.74) is 0.454. The predicted molar refractivity (Wildman–Crippen MR) is 66.6 cm³/mol. The number of aromatic carboxylic acids is 1. The number of rotatable bonds is 4. The van der Waals surface area contributed by atoms with Crippen molar-refractivity contribution in [3.05, 3.63) is 47.9 Å². The average Bonchev–Trinajstić information content (AvgIpc) is 2.92. The smallest absolute Gasteiger partial charge is 0.337 e. The molecule has 2 aromatic rings. The summed E-state index contributed by atoms with van der Waals surface area (Å²) >= 11 is 0. The number of hydrogen-bond acceptors (Lipinski definition) is 4. The van der Waals surface area contributed by atoms with Gasteiger partial charge in [-0.15, -0.1) is 0 Å². The van der Waals surface area contributed by atoms with Crippen LogP contribution in [0.4, 0.5) is 5.69 Å². The van der Waals surface area contributed by atoms with Crippen LogP contribution in [0, 0.1) is 0 Å². The number of carboxylic acid groups (broad SMARTS) is 1. The molecule has 98 valence electrons. The minimum absolute atomic E-state index is 0.0161. The number of furan rings is 1. The standard InChI is InChI=1S/C13H11NO5/c1-18-9-2-3-10(13(16)17)11(6-9)14-12(15)8-4-5-19-7-8/h2-7H,1H3,(H,14,15)(H,16,17). The Morgan fingerprint density at radius 1 is 1.32 bits per heavy atom. The van der Waals surface area contributed by atoms with Crippen LogP contribution >= 0.6 is 0 Å². The summed E-state index contributed by atoms with van der Waals surface area (Å²) in [4.78, 5) is 22.9. The predicted octanol–water partition coefficient (Wildman–Crippen LogP) is 2.24. The quantitative estimate of drug-likeness (QED) is 0.881. The van der Waals surface area contributed by atoms with Crippen molar-refractivity contribution in [1.82, 2.24) is 0 Å². The highest BCUT2D eigenvalue weighted by molar-refractivity contribution is 6.07. The van der Waals surface area contributed by atoms with Gasteiger partial charge in [0.05, 0.1) is 30.2 Å². The number of anilines is 1. The minimum Gasteiger partial charge on any atom is -0.497 e. The molecule has 0 radical (unpaired) electrons. The summed E-state index contributed by atoms with van der Waals surface area (Å²) in [6.45, 7) is 0. The molecular weight excluding hydrogens is 250 g/mol. The Morgan fingerprint density at radius 2 is 2.11 bits per heavy atom. The summed E-state index contributed by atoms with van der Waals surface area (Å²) in [6.07, 6.45) is 2.63. The third-order valence-electron chi connectivity index (χ3n) is 2.49. The number of benzene rings is 1. The topological polar surface area (TPSA) is 88.8 Å². The van der Waals surface area contributed by atoms with Crippen molar-refractivity contribution < 1.29 is 23.8 Å². The summed E-state index contributed by atoms with van der Waals surface area (Å²) in [6, 6.07) is 5.81. The Balaban J connectivity index is 2.32. The largest absolute Gasteiger partial charge is 0.497 e. The van der Waals surface area contributed by atoms with Crippen LogP contribution in [-0.4, -0.2) is 24.1 Å². The van der Waals surface area contributed by atoms with Gasteiger partial charge in [-0.2, -0.15) is 0 Å². The Bertz CT molecular complexity index is 604. The van der Waals surface area contributed by atoms with E-state index in [4.69, 9.17) is 14.3 Å². The second-order valence-electron chi connectivity index (χ2n) is 3.68. The maximum absolute atomic E-state index is 11.8. The number of ether oxygens (including phenoxy) is 1. The van der Waals surface area contributed by atoms with E-state index in [0.717, 1.165) is 0 Å². The van der Waals surface area contributed by atoms with Gasteiger partial charge in [0.25, 0.3) is 5.91 Å². The van der Waals surface area contributed by atoms with E-state index >= 15 is 0 Å². The molecule has 1 amide bonds. The third-order valence-corrected chi connectivity index (χ3v) is 2.49. The number of carbonyl (C=O) groups excluding carboxylic acids is 1. The molecule has 0 fully saturated rings. The van der Waals surface area contributed by atoms with Gasteiger partial charge >= 0.3 is 5.97 Å². The summed E-state index contributed by atoms with van der Waals surface area (Å²) in [7, 11) is 1.46. The molecule has 2 rings (SSSR count). The van der Waals surface area contributed by atoms with Crippen molar-refractivity contribution in [2.24, 2.45) is 0 Å². The number of amides is 1. The van der Waals surface area contributed by atoms with E-state index in [1.54, 1.807) is 0 Å². The van der Waals surface area contributed by atoms with Crippen LogP contribution < -0.4 is 10.1 Å². The van der Waals surface area contributed by atoms with Gasteiger partial charge in [-0.1, -0.05) is 0 Å². The molecule has 0 aliphatic heterocycles. The lowest BCUT2D eigenvalue weighted by molar-refractivity contribution is 0.0698. The van der Waals surface area contributed by atoms with Gasteiger partial charge in [-0.3, -0.25) is 4.79 Å². The highest BCUT2D eigenvalue weighted by Crippen LogP contribution is 2.23. The van der Waals surface area contributed by atoms with Gasteiger partial charge in [0.2, 0.25) is 0 Å². The lowest BCUT2D eigenvalue weighted by atomic mass is 10.1. The van der Waals surface area contributed by atoms with E-state index in [2.05, 4.69) is 5.32 Å². The molecule has 19 heavy (non-hydrogen) atoms. The molecule has 1 aromatic carbocycles. The van der Waals surface area contributed by atoms with Gasteiger partial charge in [-0.25, -0.2) is 4.79 Å². The first-order valence-electron chi connectivity index (χ1n) is 5.36. The molecule has 6 nitrogen and oxygen atoms in total. The zero-order valence-corrected chi connectivity index (χ0v) is 10.0. The van der Waals surface area contributed by atoms with Crippen LogP contribution in [0.25, 0.3) is 0 Å². The molecule has 0 unspecified atom stereocenters. The molecule has 0 atom stereocenters. The molecule has 6 heteroatoms. The van der Waals surface area contributed by atoms with Crippen LogP contribution in [0.1, 0.15) is 20.7 Å². The second-order valence-corrected chi connectivity index (χ2v) is 3.68.